The predicted molar refractivity (Wildman–Crippen MR) is 65.7 cm³/mol. The van der Waals surface area contributed by atoms with E-state index in [2.05, 4.69) is 20.8 Å². The van der Waals surface area contributed by atoms with Crippen molar-refractivity contribution in [1.29, 1.82) is 0 Å². The SMILES string of the molecule is O=C1CCC(C(=O)NCc2nc(C(=O)O)cs2)=NN1. The number of hydrazone groups is 1. The van der Waals surface area contributed by atoms with Gasteiger partial charge in [0.2, 0.25) is 5.91 Å². The summed E-state index contributed by atoms with van der Waals surface area (Å²) < 4.78 is 0. The number of aromatic nitrogens is 1. The first kappa shape index (κ1) is 13.1. The zero-order valence-corrected chi connectivity index (χ0v) is 10.5. The lowest BCUT2D eigenvalue weighted by Gasteiger charge is -2.11. The Bertz CT molecular complexity index is 566. The summed E-state index contributed by atoms with van der Waals surface area (Å²) >= 11 is 1.15. The molecule has 0 saturated heterocycles. The second-order valence-electron chi connectivity index (χ2n) is 3.71. The minimum absolute atomic E-state index is 0.0449. The fraction of sp³-hybridized carbons (Fsp3) is 0.300. The van der Waals surface area contributed by atoms with Crippen molar-refractivity contribution >= 4 is 34.8 Å². The molecule has 0 atom stereocenters. The topological polar surface area (TPSA) is 121 Å². The van der Waals surface area contributed by atoms with Crippen LogP contribution < -0.4 is 10.7 Å². The van der Waals surface area contributed by atoms with Gasteiger partial charge in [0.15, 0.2) is 5.69 Å². The second-order valence-corrected chi connectivity index (χ2v) is 4.65. The van der Waals surface area contributed by atoms with E-state index < -0.39 is 11.9 Å². The van der Waals surface area contributed by atoms with Crippen molar-refractivity contribution in [2.24, 2.45) is 5.10 Å². The van der Waals surface area contributed by atoms with Crippen LogP contribution in [-0.4, -0.2) is 33.6 Å². The summed E-state index contributed by atoms with van der Waals surface area (Å²) in [6, 6.07) is 0. The summed E-state index contributed by atoms with van der Waals surface area (Å²) in [5.74, 6) is -1.72. The maximum Gasteiger partial charge on any atom is 0.355 e. The van der Waals surface area contributed by atoms with Gasteiger partial charge >= 0.3 is 5.97 Å². The molecule has 0 radical (unpaired) electrons. The Kier molecular flexibility index (Phi) is 3.85. The van der Waals surface area contributed by atoms with Gasteiger partial charge in [0.05, 0.1) is 6.54 Å². The fourth-order valence-electron chi connectivity index (χ4n) is 1.39. The summed E-state index contributed by atoms with van der Waals surface area (Å²) in [6.07, 6.45) is 0.516. The minimum Gasteiger partial charge on any atom is -0.476 e. The van der Waals surface area contributed by atoms with E-state index in [4.69, 9.17) is 5.11 Å². The Morgan fingerprint density at radius 3 is 2.84 bits per heavy atom. The Hall–Kier alpha value is -2.29. The highest BCUT2D eigenvalue weighted by atomic mass is 32.1. The molecule has 2 heterocycles. The number of hydrogen-bond donors (Lipinski definition) is 3. The molecule has 8 nitrogen and oxygen atoms in total. The number of amides is 2. The molecule has 1 aliphatic rings. The number of hydrogen-bond acceptors (Lipinski definition) is 6. The van der Waals surface area contributed by atoms with Gasteiger partial charge in [-0.3, -0.25) is 9.59 Å². The summed E-state index contributed by atoms with van der Waals surface area (Å²) in [4.78, 5) is 37.0. The first-order valence-corrected chi connectivity index (χ1v) is 6.25. The molecule has 1 aliphatic heterocycles. The lowest BCUT2D eigenvalue weighted by atomic mass is 10.1. The average Bonchev–Trinajstić information content (AvgIpc) is 2.86. The molecule has 1 aromatic heterocycles. The number of carbonyl (C=O) groups excluding carboxylic acids is 2. The zero-order chi connectivity index (χ0) is 13.8. The number of carboxylic acid groups (broad SMARTS) is 1. The maximum absolute atomic E-state index is 11.7. The molecule has 0 saturated carbocycles. The van der Waals surface area contributed by atoms with Gasteiger partial charge in [0, 0.05) is 18.2 Å². The van der Waals surface area contributed by atoms with Crippen LogP contribution in [0.15, 0.2) is 10.5 Å². The third-order valence-corrected chi connectivity index (χ3v) is 3.19. The number of nitrogens with zero attached hydrogens (tertiary/aromatic N) is 2. The fourth-order valence-corrected chi connectivity index (χ4v) is 2.09. The van der Waals surface area contributed by atoms with E-state index in [0.717, 1.165) is 11.3 Å². The zero-order valence-electron chi connectivity index (χ0n) is 9.67. The summed E-state index contributed by atoms with van der Waals surface area (Å²) in [6.45, 7) is 0.129. The van der Waals surface area contributed by atoms with Crippen LogP contribution in [0.5, 0.6) is 0 Å². The van der Waals surface area contributed by atoms with Crippen LogP contribution in [0.25, 0.3) is 0 Å². The Morgan fingerprint density at radius 1 is 1.47 bits per heavy atom. The number of nitrogens with one attached hydrogen (secondary N) is 2. The summed E-state index contributed by atoms with van der Waals surface area (Å²) in [7, 11) is 0. The number of rotatable bonds is 4. The van der Waals surface area contributed by atoms with Gasteiger partial charge in [-0.2, -0.15) is 5.10 Å². The molecule has 2 rings (SSSR count). The summed E-state index contributed by atoms with van der Waals surface area (Å²) in [5, 5.41) is 16.8. The van der Waals surface area contributed by atoms with Crippen LogP contribution in [-0.2, 0) is 16.1 Å². The van der Waals surface area contributed by atoms with E-state index in [1.165, 1.54) is 5.38 Å². The summed E-state index contributed by atoms with van der Waals surface area (Å²) in [5.41, 5.74) is 2.43. The molecule has 0 spiro atoms. The Labute approximate surface area is 111 Å². The molecule has 0 aromatic carbocycles. The van der Waals surface area contributed by atoms with Gasteiger partial charge in [0.1, 0.15) is 10.7 Å². The molecule has 9 heteroatoms. The highest BCUT2D eigenvalue weighted by molar-refractivity contribution is 7.09. The predicted octanol–water partition coefficient (Wildman–Crippen LogP) is -0.276. The van der Waals surface area contributed by atoms with Gasteiger partial charge in [0.25, 0.3) is 5.91 Å². The number of aromatic carboxylic acids is 1. The molecule has 1 aromatic rings. The van der Waals surface area contributed by atoms with E-state index in [9.17, 15) is 14.4 Å². The third kappa shape index (κ3) is 3.35. The minimum atomic E-state index is -1.10. The number of carbonyl (C=O) groups is 3. The van der Waals surface area contributed by atoms with Crippen molar-refractivity contribution in [3.05, 3.63) is 16.1 Å². The first-order valence-electron chi connectivity index (χ1n) is 5.37. The molecule has 0 fully saturated rings. The van der Waals surface area contributed by atoms with Crippen LogP contribution in [0.3, 0.4) is 0 Å². The highest BCUT2D eigenvalue weighted by Gasteiger charge is 2.18. The molecule has 19 heavy (non-hydrogen) atoms. The van der Waals surface area contributed by atoms with Gasteiger partial charge in [-0.15, -0.1) is 11.3 Å². The smallest absolute Gasteiger partial charge is 0.355 e. The van der Waals surface area contributed by atoms with E-state index in [1.807, 2.05) is 0 Å². The van der Waals surface area contributed by atoms with Crippen LogP contribution in [0, 0.1) is 0 Å². The highest BCUT2D eigenvalue weighted by Crippen LogP contribution is 2.09. The van der Waals surface area contributed by atoms with Gasteiger partial charge < -0.3 is 10.4 Å². The van der Waals surface area contributed by atoms with Gasteiger partial charge in [-0.25, -0.2) is 15.2 Å². The number of thiazole rings is 1. The van der Waals surface area contributed by atoms with E-state index >= 15 is 0 Å². The molecule has 0 unspecified atom stereocenters. The average molecular weight is 282 g/mol. The van der Waals surface area contributed by atoms with Crippen molar-refractivity contribution in [2.75, 3.05) is 0 Å². The molecule has 0 bridgehead atoms. The van der Waals surface area contributed by atoms with Crippen molar-refractivity contribution in [3.8, 4) is 0 Å². The molecule has 100 valence electrons. The largest absolute Gasteiger partial charge is 0.476 e. The lowest BCUT2D eigenvalue weighted by Crippen LogP contribution is -2.36. The van der Waals surface area contributed by atoms with Crippen molar-refractivity contribution in [2.45, 2.75) is 19.4 Å². The monoisotopic (exact) mass is 282 g/mol. The third-order valence-electron chi connectivity index (χ3n) is 2.34. The van der Waals surface area contributed by atoms with Crippen LogP contribution in [0.4, 0.5) is 0 Å². The van der Waals surface area contributed by atoms with Crippen molar-refractivity contribution in [3.63, 3.8) is 0 Å². The number of carboxylic acids is 1. The van der Waals surface area contributed by atoms with Crippen LogP contribution in [0.1, 0.15) is 28.3 Å². The second kappa shape index (κ2) is 5.57. The van der Waals surface area contributed by atoms with Crippen LogP contribution >= 0.6 is 11.3 Å². The molecular weight excluding hydrogens is 272 g/mol. The maximum atomic E-state index is 11.7. The molecule has 0 aliphatic carbocycles. The Balaban J connectivity index is 1.89. The molecular formula is C10H10N4O4S. The molecule has 3 N–H and O–H groups in total. The van der Waals surface area contributed by atoms with Crippen molar-refractivity contribution in [1.82, 2.24) is 15.7 Å². The van der Waals surface area contributed by atoms with Gasteiger partial charge in [-0.1, -0.05) is 0 Å². The molecule has 2 amide bonds. The van der Waals surface area contributed by atoms with Gasteiger partial charge in [-0.05, 0) is 0 Å². The van der Waals surface area contributed by atoms with Crippen molar-refractivity contribution < 1.29 is 19.5 Å². The normalized spacial score (nSPS) is 14.5. The van der Waals surface area contributed by atoms with E-state index in [0.29, 0.717) is 5.01 Å². The Morgan fingerprint density at radius 2 is 2.26 bits per heavy atom. The van der Waals surface area contributed by atoms with Crippen LogP contribution in [0.2, 0.25) is 0 Å². The lowest BCUT2D eigenvalue weighted by molar-refractivity contribution is -0.121. The first-order chi connectivity index (χ1) is 9.06. The standard InChI is InChI=1S/C10H10N4O4S/c15-7-2-1-5(13-14-7)9(16)11-3-8-12-6(4-19-8)10(17)18/h4H,1-3H2,(H,11,16)(H,14,15)(H,17,18). The van der Waals surface area contributed by atoms with E-state index in [1.54, 1.807) is 0 Å². The quantitative estimate of drug-likeness (QED) is 0.701. The van der Waals surface area contributed by atoms with E-state index in [-0.39, 0.29) is 36.7 Å².